The number of hydrogen-bond donors (Lipinski definition) is 2. The topological polar surface area (TPSA) is 155 Å². The maximum Gasteiger partial charge on any atom is 0.408 e. The Morgan fingerprint density at radius 3 is 2.47 bits per heavy atom. The molecular weight excluding hydrogens is 496 g/mol. The molecule has 2 N–H and O–H groups in total. The number of hydrogen-bond acceptors (Lipinski definition) is 10. The number of carbonyl (C=O) groups is 3. The second-order valence-electron chi connectivity index (χ2n) is 9.28. The Balaban J connectivity index is 1.61. The van der Waals surface area contributed by atoms with Crippen LogP contribution in [0.3, 0.4) is 0 Å². The van der Waals surface area contributed by atoms with Crippen LogP contribution in [0.2, 0.25) is 0 Å². The van der Waals surface area contributed by atoms with Gasteiger partial charge in [-0.1, -0.05) is 30.3 Å². The summed E-state index contributed by atoms with van der Waals surface area (Å²) in [6.45, 7) is 5.86. The summed E-state index contributed by atoms with van der Waals surface area (Å²) in [7, 11) is 1.24. The van der Waals surface area contributed by atoms with Gasteiger partial charge in [-0.05, 0) is 45.6 Å². The van der Waals surface area contributed by atoms with Crippen LogP contribution in [0, 0.1) is 0 Å². The lowest BCUT2D eigenvalue weighted by Crippen LogP contribution is -2.33. The zero-order valence-electron chi connectivity index (χ0n) is 21.8. The molecule has 1 aromatic carbocycles. The minimum atomic E-state index is -0.649. The Morgan fingerprint density at radius 2 is 1.76 bits per heavy atom. The van der Waals surface area contributed by atoms with E-state index in [4.69, 9.17) is 18.3 Å². The zero-order valence-corrected chi connectivity index (χ0v) is 21.8. The van der Waals surface area contributed by atoms with E-state index in [1.807, 2.05) is 30.3 Å². The largest absolute Gasteiger partial charge is 0.464 e. The number of carbonyl (C=O) groups excluding carboxylic acids is 3. The molecule has 2 aromatic heterocycles. The smallest absolute Gasteiger partial charge is 0.408 e. The number of alkyl carbamates (subject to hydrolysis) is 2. The van der Waals surface area contributed by atoms with Crippen molar-refractivity contribution in [3.8, 4) is 11.6 Å². The third kappa shape index (κ3) is 8.95. The Morgan fingerprint density at radius 1 is 1.00 bits per heavy atom. The highest BCUT2D eigenvalue weighted by Gasteiger charge is 2.23. The van der Waals surface area contributed by atoms with Crippen LogP contribution in [0.15, 0.2) is 51.7 Å². The second kappa shape index (κ2) is 13.3. The highest BCUT2D eigenvalue weighted by molar-refractivity contribution is 5.87. The third-order valence-electron chi connectivity index (χ3n) is 5.03. The number of rotatable bonds is 11. The molecule has 0 bridgehead atoms. The van der Waals surface area contributed by atoms with Gasteiger partial charge in [-0.2, -0.15) is 0 Å². The fraction of sp³-hybridized carbons (Fsp3) is 0.423. The van der Waals surface area contributed by atoms with Gasteiger partial charge in [-0.3, -0.25) is 0 Å². The molecular formula is C26H32N4O8. The van der Waals surface area contributed by atoms with Gasteiger partial charge in [-0.25, -0.2) is 24.4 Å². The predicted molar refractivity (Wildman–Crippen MR) is 134 cm³/mol. The highest BCUT2D eigenvalue weighted by Crippen LogP contribution is 2.24. The number of esters is 1. The number of oxazole rings is 2. The first-order valence-electron chi connectivity index (χ1n) is 12.1. The Bertz CT molecular complexity index is 1200. The number of amides is 2. The van der Waals surface area contributed by atoms with Gasteiger partial charge in [0.15, 0.2) is 11.4 Å². The molecule has 0 radical (unpaired) electrons. The van der Waals surface area contributed by atoms with Gasteiger partial charge in [0.1, 0.15) is 30.8 Å². The van der Waals surface area contributed by atoms with Crippen LogP contribution < -0.4 is 10.6 Å². The zero-order chi connectivity index (χ0) is 27.5. The van der Waals surface area contributed by atoms with Crippen LogP contribution in [0.25, 0.3) is 11.6 Å². The molecule has 0 aliphatic rings. The number of methoxy groups -OCH3 is 1. The molecule has 0 aliphatic heterocycles. The van der Waals surface area contributed by atoms with Gasteiger partial charge < -0.3 is 33.7 Å². The van der Waals surface area contributed by atoms with Crippen molar-refractivity contribution in [3.05, 3.63) is 60.0 Å². The normalized spacial score (nSPS) is 11.9. The molecule has 1 atom stereocenters. The Labute approximate surface area is 220 Å². The van der Waals surface area contributed by atoms with Crippen molar-refractivity contribution in [1.29, 1.82) is 0 Å². The lowest BCUT2D eigenvalue weighted by molar-refractivity contribution is 0.0525. The molecule has 0 unspecified atom stereocenters. The van der Waals surface area contributed by atoms with Crippen molar-refractivity contribution in [2.45, 2.75) is 58.3 Å². The lowest BCUT2D eigenvalue weighted by Gasteiger charge is -2.19. The van der Waals surface area contributed by atoms with Crippen molar-refractivity contribution in [2.75, 3.05) is 13.7 Å². The molecule has 204 valence electrons. The van der Waals surface area contributed by atoms with Crippen LogP contribution in [0.4, 0.5) is 9.59 Å². The number of nitrogens with zero attached hydrogens (tertiary/aromatic N) is 2. The molecule has 2 heterocycles. The van der Waals surface area contributed by atoms with Crippen LogP contribution in [-0.4, -0.2) is 47.4 Å². The van der Waals surface area contributed by atoms with Crippen molar-refractivity contribution >= 4 is 18.2 Å². The van der Waals surface area contributed by atoms with Crippen molar-refractivity contribution in [3.63, 3.8) is 0 Å². The first kappa shape index (κ1) is 28.2. The van der Waals surface area contributed by atoms with Crippen LogP contribution in [0.1, 0.15) is 68.0 Å². The minimum Gasteiger partial charge on any atom is -0.464 e. The van der Waals surface area contributed by atoms with Crippen molar-refractivity contribution < 1.29 is 37.4 Å². The molecule has 0 saturated heterocycles. The third-order valence-corrected chi connectivity index (χ3v) is 5.03. The molecule has 38 heavy (non-hydrogen) atoms. The van der Waals surface area contributed by atoms with E-state index in [0.717, 1.165) is 11.8 Å². The number of nitrogens with one attached hydrogen (secondary N) is 2. The quantitative estimate of drug-likeness (QED) is 0.202. The van der Waals surface area contributed by atoms with Gasteiger partial charge in [0.05, 0.1) is 7.11 Å². The van der Waals surface area contributed by atoms with E-state index in [-0.39, 0.29) is 29.8 Å². The van der Waals surface area contributed by atoms with Crippen molar-refractivity contribution in [2.24, 2.45) is 0 Å². The lowest BCUT2D eigenvalue weighted by atomic mass is 10.1. The molecule has 2 amide bonds. The van der Waals surface area contributed by atoms with Crippen LogP contribution >= 0.6 is 0 Å². The molecule has 0 aliphatic carbocycles. The molecule has 0 saturated carbocycles. The standard InChI is InChI=1S/C26H32N4O8/c1-26(2,3)38-24(32)27-13-9-8-12-18(30-25(33)37-14-17-10-6-5-7-11-17)21-28-19(15-35-21)22-29-20(16-36-22)23(31)34-4/h5-7,10-11,15-16,18H,8-9,12-14H2,1-4H3,(H,27,32)(H,30,33)/t18-/m0/s1. The molecule has 12 nitrogen and oxygen atoms in total. The van der Waals surface area contributed by atoms with E-state index >= 15 is 0 Å². The average molecular weight is 529 g/mol. The van der Waals surface area contributed by atoms with Gasteiger partial charge in [-0.15, -0.1) is 0 Å². The summed E-state index contributed by atoms with van der Waals surface area (Å²) in [6.07, 6.45) is 3.01. The molecule has 0 spiro atoms. The summed E-state index contributed by atoms with van der Waals surface area (Å²) < 4.78 is 26.1. The van der Waals surface area contributed by atoms with E-state index in [0.29, 0.717) is 25.8 Å². The van der Waals surface area contributed by atoms with E-state index in [1.54, 1.807) is 20.8 Å². The van der Waals surface area contributed by atoms with E-state index < -0.39 is 29.8 Å². The number of benzene rings is 1. The fourth-order valence-corrected chi connectivity index (χ4v) is 3.28. The first-order chi connectivity index (χ1) is 18.1. The summed E-state index contributed by atoms with van der Waals surface area (Å²) in [4.78, 5) is 44.5. The monoisotopic (exact) mass is 528 g/mol. The van der Waals surface area contributed by atoms with Crippen LogP contribution in [-0.2, 0) is 20.8 Å². The summed E-state index contributed by atoms with van der Waals surface area (Å²) in [5, 5.41) is 5.48. The number of aromatic nitrogens is 2. The van der Waals surface area contributed by atoms with Gasteiger partial charge >= 0.3 is 18.2 Å². The molecule has 3 rings (SSSR count). The highest BCUT2D eigenvalue weighted by atomic mass is 16.6. The summed E-state index contributed by atoms with van der Waals surface area (Å²) >= 11 is 0. The van der Waals surface area contributed by atoms with Gasteiger partial charge in [0.2, 0.25) is 11.8 Å². The molecule has 3 aromatic rings. The van der Waals surface area contributed by atoms with E-state index in [1.165, 1.54) is 13.4 Å². The summed E-state index contributed by atoms with van der Waals surface area (Å²) in [5.41, 5.74) is 0.494. The second-order valence-corrected chi connectivity index (χ2v) is 9.28. The number of unbranched alkanes of at least 4 members (excludes halogenated alkanes) is 1. The van der Waals surface area contributed by atoms with Gasteiger partial charge in [0, 0.05) is 6.54 Å². The Kier molecular flexibility index (Phi) is 9.85. The maximum atomic E-state index is 12.5. The molecule has 0 fully saturated rings. The van der Waals surface area contributed by atoms with E-state index in [9.17, 15) is 14.4 Å². The summed E-state index contributed by atoms with van der Waals surface area (Å²) in [6, 6.07) is 8.65. The summed E-state index contributed by atoms with van der Waals surface area (Å²) in [5.74, 6) is -0.383. The predicted octanol–water partition coefficient (Wildman–Crippen LogP) is 4.78. The van der Waals surface area contributed by atoms with Crippen molar-refractivity contribution in [1.82, 2.24) is 20.6 Å². The minimum absolute atomic E-state index is 0.0105. The fourth-order valence-electron chi connectivity index (χ4n) is 3.28. The van der Waals surface area contributed by atoms with E-state index in [2.05, 4.69) is 25.3 Å². The average Bonchev–Trinajstić information content (AvgIpc) is 3.56. The maximum absolute atomic E-state index is 12.5. The van der Waals surface area contributed by atoms with Gasteiger partial charge in [0.25, 0.3) is 0 Å². The van der Waals surface area contributed by atoms with Crippen LogP contribution in [0.5, 0.6) is 0 Å². The SMILES string of the molecule is COC(=O)c1coc(-c2coc([C@H](CCCCNC(=O)OC(C)(C)C)NC(=O)OCc3ccccc3)n2)n1. The number of ether oxygens (including phenoxy) is 3. The molecule has 12 heteroatoms. The first-order valence-corrected chi connectivity index (χ1v) is 12.1. The Hall–Kier alpha value is -4.35.